The smallest absolute Gasteiger partial charge is 0.224 e. The van der Waals surface area contributed by atoms with E-state index in [0.29, 0.717) is 19.6 Å². The van der Waals surface area contributed by atoms with Crippen LogP contribution >= 0.6 is 0 Å². The average Bonchev–Trinajstić information content (AvgIpc) is 2.78. The van der Waals surface area contributed by atoms with Gasteiger partial charge in [-0.3, -0.25) is 4.79 Å². The molecule has 2 aliphatic rings. The lowest BCUT2D eigenvalue weighted by Crippen LogP contribution is -2.40. The standard InChI is InChI=1S/C24H32N4O2/c1-18-21-11-7-14-28(16-19-8-4-3-5-9-19)24(21)26-23(25-18)20-10-6-13-27(17-20)22(29)12-15-30-2/h3-5,8-9,20H,6-7,10-17H2,1-2H3/t20-/m0/s1. The van der Waals surface area contributed by atoms with E-state index in [0.717, 1.165) is 62.7 Å². The number of fused-ring (bicyclic) bond motifs is 1. The molecule has 1 aromatic heterocycles. The van der Waals surface area contributed by atoms with E-state index in [1.807, 2.05) is 4.90 Å². The first-order chi connectivity index (χ1) is 14.7. The summed E-state index contributed by atoms with van der Waals surface area (Å²) in [5.41, 5.74) is 3.68. The van der Waals surface area contributed by atoms with Crippen molar-refractivity contribution < 1.29 is 9.53 Å². The van der Waals surface area contributed by atoms with Crippen LogP contribution in [0.4, 0.5) is 5.82 Å². The van der Waals surface area contributed by atoms with Gasteiger partial charge in [0.25, 0.3) is 0 Å². The quantitative estimate of drug-likeness (QED) is 0.732. The molecule has 0 radical (unpaired) electrons. The second-order valence-electron chi connectivity index (χ2n) is 8.40. The van der Waals surface area contributed by atoms with Gasteiger partial charge in [0.2, 0.25) is 5.91 Å². The number of hydrogen-bond acceptors (Lipinski definition) is 5. The fourth-order valence-corrected chi connectivity index (χ4v) is 4.61. The number of carbonyl (C=O) groups excluding carboxylic acids is 1. The SMILES string of the molecule is COCCC(=O)N1CCC[C@H](c2nc(C)c3c(n2)N(Cc2ccccc2)CCC3)C1. The number of amides is 1. The number of anilines is 1. The number of nitrogens with zero attached hydrogens (tertiary/aromatic N) is 4. The molecule has 4 rings (SSSR count). The summed E-state index contributed by atoms with van der Waals surface area (Å²) in [6.45, 7) is 6.01. The predicted molar refractivity (Wildman–Crippen MR) is 118 cm³/mol. The van der Waals surface area contributed by atoms with E-state index in [4.69, 9.17) is 14.7 Å². The molecule has 3 heterocycles. The molecule has 6 heteroatoms. The zero-order valence-electron chi connectivity index (χ0n) is 18.1. The van der Waals surface area contributed by atoms with Crippen molar-refractivity contribution >= 4 is 11.7 Å². The average molecular weight is 409 g/mol. The number of aromatic nitrogens is 2. The number of likely N-dealkylation sites (tertiary alicyclic amines) is 1. The molecule has 0 N–H and O–H groups in total. The minimum atomic E-state index is 0.168. The molecule has 0 spiro atoms. The lowest BCUT2D eigenvalue weighted by atomic mass is 9.95. The van der Waals surface area contributed by atoms with Crippen molar-refractivity contribution in [2.24, 2.45) is 0 Å². The van der Waals surface area contributed by atoms with Crippen LogP contribution in [-0.2, 0) is 22.5 Å². The van der Waals surface area contributed by atoms with E-state index in [2.05, 4.69) is 42.2 Å². The first-order valence-corrected chi connectivity index (χ1v) is 11.1. The maximum Gasteiger partial charge on any atom is 0.224 e. The number of piperidine rings is 1. The van der Waals surface area contributed by atoms with Crippen LogP contribution in [0.5, 0.6) is 0 Å². The van der Waals surface area contributed by atoms with Crippen molar-refractivity contribution in [1.82, 2.24) is 14.9 Å². The highest BCUT2D eigenvalue weighted by molar-refractivity contribution is 5.76. The minimum Gasteiger partial charge on any atom is -0.384 e. The summed E-state index contributed by atoms with van der Waals surface area (Å²) in [6, 6.07) is 10.6. The Morgan fingerprint density at radius 2 is 2.00 bits per heavy atom. The molecule has 1 fully saturated rings. The van der Waals surface area contributed by atoms with Crippen LogP contribution in [0.25, 0.3) is 0 Å². The first-order valence-electron chi connectivity index (χ1n) is 11.1. The van der Waals surface area contributed by atoms with Gasteiger partial charge in [-0.1, -0.05) is 30.3 Å². The summed E-state index contributed by atoms with van der Waals surface area (Å²) in [6.07, 6.45) is 4.65. The fourth-order valence-electron chi connectivity index (χ4n) is 4.61. The summed E-state index contributed by atoms with van der Waals surface area (Å²) in [7, 11) is 1.64. The van der Waals surface area contributed by atoms with E-state index in [1.165, 1.54) is 11.1 Å². The van der Waals surface area contributed by atoms with Crippen LogP contribution in [0.3, 0.4) is 0 Å². The van der Waals surface area contributed by atoms with Crippen LogP contribution in [0, 0.1) is 6.92 Å². The molecule has 6 nitrogen and oxygen atoms in total. The Kier molecular flexibility index (Phi) is 6.62. The van der Waals surface area contributed by atoms with E-state index < -0.39 is 0 Å². The molecular formula is C24H32N4O2. The topological polar surface area (TPSA) is 58.6 Å². The van der Waals surface area contributed by atoms with Gasteiger partial charge < -0.3 is 14.5 Å². The lowest BCUT2D eigenvalue weighted by Gasteiger charge is -2.34. The molecule has 30 heavy (non-hydrogen) atoms. The Morgan fingerprint density at radius 1 is 1.17 bits per heavy atom. The number of rotatable bonds is 6. The van der Waals surface area contributed by atoms with Crippen molar-refractivity contribution in [2.75, 3.05) is 38.3 Å². The Labute approximate surface area is 179 Å². The fraction of sp³-hybridized carbons (Fsp3) is 0.542. The molecule has 2 aliphatic heterocycles. The highest BCUT2D eigenvalue weighted by Crippen LogP contribution is 2.32. The molecule has 0 bridgehead atoms. The third kappa shape index (κ3) is 4.64. The third-order valence-corrected chi connectivity index (χ3v) is 6.24. The molecule has 1 aromatic carbocycles. The molecule has 0 aliphatic carbocycles. The van der Waals surface area contributed by atoms with Crippen LogP contribution in [0.2, 0.25) is 0 Å². The van der Waals surface area contributed by atoms with E-state index >= 15 is 0 Å². The molecule has 1 saturated heterocycles. The predicted octanol–water partition coefficient (Wildman–Crippen LogP) is 3.48. The van der Waals surface area contributed by atoms with Crippen molar-refractivity contribution in [3.8, 4) is 0 Å². The Morgan fingerprint density at radius 3 is 2.80 bits per heavy atom. The van der Waals surface area contributed by atoms with Gasteiger partial charge in [-0.05, 0) is 38.2 Å². The van der Waals surface area contributed by atoms with Gasteiger partial charge in [0, 0.05) is 50.5 Å². The maximum absolute atomic E-state index is 12.5. The molecule has 2 aromatic rings. The van der Waals surface area contributed by atoms with Crippen LogP contribution < -0.4 is 4.90 Å². The van der Waals surface area contributed by atoms with Crippen molar-refractivity contribution in [3.05, 3.63) is 53.0 Å². The number of ether oxygens (including phenoxy) is 1. The summed E-state index contributed by atoms with van der Waals surface area (Å²) in [4.78, 5) is 26.8. The number of methoxy groups -OCH3 is 1. The first kappa shape index (κ1) is 20.8. The second-order valence-corrected chi connectivity index (χ2v) is 8.40. The Balaban J connectivity index is 1.55. The van der Waals surface area contributed by atoms with E-state index in [-0.39, 0.29) is 11.8 Å². The summed E-state index contributed by atoms with van der Waals surface area (Å²) in [5.74, 6) is 2.36. The van der Waals surface area contributed by atoms with Gasteiger partial charge in [-0.2, -0.15) is 0 Å². The Bertz CT molecular complexity index is 871. The number of carbonyl (C=O) groups is 1. The van der Waals surface area contributed by atoms with Gasteiger partial charge in [-0.15, -0.1) is 0 Å². The highest BCUT2D eigenvalue weighted by atomic mass is 16.5. The van der Waals surface area contributed by atoms with Gasteiger partial charge in [0.15, 0.2) is 0 Å². The maximum atomic E-state index is 12.5. The number of benzene rings is 1. The third-order valence-electron chi connectivity index (χ3n) is 6.24. The van der Waals surface area contributed by atoms with Crippen molar-refractivity contribution in [1.29, 1.82) is 0 Å². The van der Waals surface area contributed by atoms with Crippen LogP contribution in [-0.4, -0.2) is 54.1 Å². The molecule has 160 valence electrons. The number of hydrogen-bond donors (Lipinski definition) is 0. The lowest BCUT2D eigenvalue weighted by molar-refractivity contribution is -0.133. The summed E-state index contributed by atoms with van der Waals surface area (Å²) < 4.78 is 5.08. The summed E-state index contributed by atoms with van der Waals surface area (Å²) >= 11 is 0. The van der Waals surface area contributed by atoms with Gasteiger partial charge in [-0.25, -0.2) is 9.97 Å². The molecule has 0 saturated carbocycles. The molecule has 1 amide bonds. The zero-order valence-corrected chi connectivity index (χ0v) is 18.1. The summed E-state index contributed by atoms with van der Waals surface area (Å²) in [5, 5.41) is 0. The molecule has 0 unspecified atom stereocenters. The van der Waals surface area contributed by atoms with Gasteiger partial charge in [0.05, 0.1) is 13.0 Å². The van der Waals surface area contributed by atoms with E-state index in [9.17, 15) is 4.79 Å². The Hall–Kier alpha value is -2.47. The molecule has 1 atom stereocenters. The highest BCUT2D eigenvalue weighted by Gasteiger charge is 2.29. The van der Waals surface area contributed by atoms with Gasteiger partial charge >= 0.3 is 0 Å². The van der Waals surface area contributed by atoms with E-state index in [1.54, 1.807) is 7.11 Å². The normalized spacial score (nSPS) is 18.9. The van der Waals surface area contributed by atoms with Crippen molar-refractivity contribution in [2.45, 2.75) is 51.5 Å². The second kappa shape index (κ2) is 9.56. The van der Waals surface area contributed by atoms with Crippen LogP contribution in [0.15, 0.2) is 30.3 Å². The monoisotopic (exact) mass is 408 g/mol. The van der Waals surface area contributed by atoms with Crippen molar-refractivity contribution in [3.63, 3.8) is 0 Å². The molecular weight excluding hydrogens is 376 g/mol. The van der Waals surface area contributed by atoms with Gasteiger partial charge in [0.1, 0.15) is 11.6 Å². The number of aryl methyl sites for hydroxylation is 1. The minimum absolute atomic E-state index is 0.168. The largest absolute Gasteiger partial charge is 0.384 e. The van der Waals surface area contributed by atoms with Crippen LogP contribution in [0.1, 0.15) is 54.2 Å². The zero-order chi connectivity index (χ0) is 20.9.